The fourth-order valence-corrected chi connectivity index (χ4v) is 1.05. The number of rotatable bonds is 6. The molecule has 1 aromatic rings. The Morgan fingerprint density at radius 3 is 1.95 bits per heavy atom. The van der Waals surface area contributed by atoms with E-state index in [4.69, 9.17) is 20.1 Å². The third kappa shape index (κ3) is 5.48. The van der Waals surface area contributed by atoms with Crippen molar-refractivity contribution >= 4 is 12.6 Å². The predicted molar refractivity (Wildman–Crippen MR) is 73.1 cm³/mol. The average molecular weight is 284 g/mol. The smallest absolute Gasteiger partial charge is 0.153 e. The molecule has 0 aliphatic heterocycles. The van der Waals surface area contributed by atoms with Crippen molar-refractivity contribution in [2.45, 2.75) is 6.92 Å². The van der Waals surface area contributed by atoms with E-state index in [-0.39, 0.29) is 19.8 Å². The number of aliphatic hydroxyl groups excluding tert-OH is 3. The second kappa shape index (κ2) is 9.19. The Kier molecular flexibility index (Phi) is 8.38. The van der Waals surface area contributed by atoms with Gasteiger partial charge in [-0.1, -0.05) is 13.0 Å². The third-order valence-electron chi connectivity index (χ3n) is 2.67. The van der Waals surface area contributed by atoms with Crippen molar-refractivity contribution in [3.05, 3.63) is 29.3 Å². The largest absolute Gasteiger partial charge is 0.496 e. The SMILES string of the molecule is CC(CO)(CO)CO.COc1cc(C=O)ccc1C=O. The summed E-state index contributed by atoms with van der Waals surface area (Å²) in [5.41, 5.74) is 0.237. The van der Waals surface area contributed by atoms with Gasteiger partial charge in [-0.3, -0.25) is 9.59 Å². The first-order valence-corrected chi connectivity index (χ1v) is 5.91. The number of hydrogen-bond donors (Lipinski definition) is 3. The summed E-state index contributed by atoms with van der Waals surface area (Å²) in [6.45, 7) is 1.06. The van der Waals surface area contributed by atoms with Gasteiger partial charge in [0, 0.05) is 11.0 Å². The van der Waals surface area contributed by atoms with Crippen molar-refractivity contribution in [3.63, 3.8) is 0 Å². The number of aldehydes is 2. The highest BCUT2D eigenvalue weighted by molar-refractivity contribution is 5.83. The molecule has 0 amide bonds. The van der Waals surface area contributed by atoms with Gasteiger partial charge in [0.1, 0.15) is 12.0 Å². The lowest BCUT2D eigenvalue weighted by Gasteiger charge is -2.20. The second-order valence-corrected chi connectivity index (χ2v) is 4.52. The van der Waals surface area contributed by atoms with Gasteiger partial charge in [0.05, 0.1) is 32.5 Å². The van der Waals surface area contributed by atoms with Gasteiger partial charge in [-0.25, -0.2) is 0 Å². The van der Waals surface area contributed by atoms with Crippen LogP contribution in [-0.2, 0) is 0 Å². The third-order valence-corrected chi connectivity index (χ3v) is 2.67. The lowest BCUT2D eigenvalue weighted by atomic mass is 9.95. The minimum Gasteiger partial charge on any atom is -0.496 e. The highest BCUT2D eigenvalue weighted by Crippen LogP contribution is 2.17. The normalized spacial score (nSPS) is 10.2. The van der Waals surface area contributed by atoms with Gasteiger partial charge in [-0.15, -0.1) is 0 Å². The van der Waals surface area contributed by atoms with E-state index in [1.54, 1.807) is 19.1 Å². The number of hydrogen-bond acceptors (Lipinski definition) is 6. The molecule has 1 aromatic carbocycles. The van der Waals surface area contributed by atoms with Gasteiger partial charge < -0.3 is 20.1 Å². The van der Waals surface area contributed by atoms with E-state index in [0.717, 1.165) is 0 Å². The molecule has 0 spiro atoms. The Bertz CT molecular complexity index is 417. The fourth-order valence-electron chi connectivity index (χ4n) is 1.05. The van der Waals surface area contributed by atoms with Gasteiger partial charge in [0.25, 0.3) is 0 Å². The summed E-state index contributed by atoms with van der Waals surface area (Å²) in [6, 6.07) is 4.64. The molecule has 3 N–H and O–H groups in total. The molecule has 6 nitrogen and oxygen atoms in total. The minimum absolute atomic E-state index is 0.181. The van der Waals surface area contributed by atoms with Crippen molar-refractivity contribution in [2.75, 3.05) is 26.9 Å². The number of methoxy groups -OCH3 is 1. The van der Waals surface area contributed by atoms with Crippen LogP contribution in [0.15, 0.2) is 18.2 Å². The van der Waals surface area contributed by atoms with E-state index in [9.17, 15) is 9.59 Å². The number of aliphatic hydroxyl groups is 3. The topological polar surface area (TPSA) is 104 Å². The Hall–Kier alpha value is -1.76. The van der Waals surface area contributed by atoms with E-state index in [2.05, 4.69) is 0 Å². The van der Waals surface area contributed by atoms with Crippen LogP contribution < -0.4 is 4.74 Å². The monoisotopic (exact) mass is 284 g/mol. The van der Waals surface area contributed by atoms with Crippen molar-refractivity contribution in [1.29, 1.82) is 0 Å². The Morgan fingerprint density at radius 1 is 1.10 bits per heavy atom. The molecule has 0 atom stereocenters. The maximum absolute atomic E-state index is 10.4. The van der Waals surface area contributed by atoms with Crippen molar-refractivity contribution in [1.82, 2.24) is 0 Å². The van der Waals surface area contributed by atoms with Crippen molar-refractivity contribution < 1.29 is 29.6 Å². The molecular weight excluding hydrogens is 264 g/mol. The molecule has 0 aromatic heterocycles. The highest BCUT2D eigenvalue weighted by atomic mass is 16.5. The Balaban J connectivity index is 0.000000396. The van der Waals surface area contributed by atoms with Crippen LogP contribution in [0.1, 0.15) is 27.6 Å². The summed E-state index contributed by atoms with van der Waals surface area (Å²) in [5.74, 6) is 0.426. The number of carbonyl (C=O) groups is 2. The molecular formula is C14H20O6. The summed E-state index contributed by atoms with van der Waals surface area (Å²) in [4.78, 5) is 20.7. The van der Waals surface area contributed by atoms with Crippen LogP contribution in [-0.4, -0.2) is 54.8 Å². The quantitative estimate of drug-likeness (QED) is 0.649. The van der Waals surface area contributed by atoms with Crippen LogP contribution in [0.4, 0.5) is 0 Å². The van der Waals surface area contributed by atoms with E-state index in [0.29, 0.717) is 29.4 Å². The molecule has 0 aliphatic carbocycles. The molecule has 0 aliphatic rings. The zero-order chi connectivity index (χ0) is 15.6. The number of ether oxygens (including phenoxy) is 1. The molecule has 0 heterocycles. The minimum atomic E-state index is -0.708. The highest BCUT2D eigenvalue weighted by Gasteiger charge is 2.20. The molecule has 0 saturated heterocycles. The molecule has 20 heavy (non-hydrogen) atoms. The van der Waals surface area contributed by atoms with Crippen LogP contribution >= 0.6 is 0 Å². The van der Waals surface area contributed by atoms with Crippen LogP contribution in [0, 0.1) is 5.41 Å². The number of benzene rings is 1. The molecule has 0 saturated carbocycles. The van der Waals surface area contributed by atoms with Crippen LogP contribution in [0.2, 0.25) is 0 Å². The zero-order valence-electron chi connectivity index (χ0n) is 11.6. The Labute approximate surface area is 117 Å². The summed E-state index contributed by atoms with van der Waals surface area (Å²) < 4.78 is 4.89. The molecule has 0 radical (unpaired) electrons. The van der Waals surface area contributed by atoms with Crippen LogP contribution in [0.25, 0.3) is 0 Å². The molecule has 6 heteroatoms. The second-order valence-electron chi connectivity index (χ2n) is 4.52. The first-order valence-electron chi connectivity index (χ1n) is 5.91. The van der Waals surface area contributed by atoms with Crippen LogP contribution in [0.3, 0.4) is 0 Å². The van der Waals surface area contributed by atoms with E-state index < -0.39 is 5.41 Å². The molecule has 112 valence electrons. The van der Waals surface area contributed by atoms with Gasteiger partial charge >= 0.3 is 0 Å². The Morgan fingerprint density at radius 2 is 1.65 bits per heavy atom. The lowest BCUT2D eigenvalue weighted by Crippen LogP contribution is -2.29. The molecule has 0 fully saturated rings. The van der Waals surface area contributed by atoms with E-state index >= 15 is 0 Å². The van der Waals surface area contributed by atoms with Crippen molar-refractivity contribution in [3.8, 4) is 5.75 Å². The maximum atomic E-state index is 10.4. The summed E-state index contributed by atoms with van der Waals surface area (Å²) in [5, 5.41) is 25.4. The standard InChI is InChI=1S/C9H8O3.C5H12O3/c1-12-9-4-7(5-10)2-3-8(9)6-11;1-5(2-6,3-7)4-8/h2-6H,1H3;6-8H,2-4H2,1H3. The van der Waals surface area contributed by atoms with E-state index in [1.807, 2.05) is 0 Å². The number of carbonyl (C=O) groups excluding carboxylic acids is 2. The van der Waals surface area contributed by atoms with Gasteiger partial charge in [0.2, 0.25) is 0 Å². The van der Waals surface area contributed by atoms with Gasteiger partial charge in [-0.2, -0.15) is 0 Å². The maximum Gasteiger partial charge on any atom is 0.153 e. The van der Waals surface area contributed by atoms with Crippen molar-refractivity contribution in [2.24, 2.45) is 5.41 Å². The summed E-state index contributed by atoms with van der Waals surface area (Å²) >= 11 is 0. The van der Waals surface area contributed by atoms with Gasteiger partial charge in [-0.05, 0) is 12.1 Å². The first-order chi connectivity index (χ1) is 9.49. The zero-order valence-corrected chi connectivity index (χ0v) is 11.6. The van der Waals surface area contributed by atoms with Gasteiger partial charge in [0.15, 0.2) is 6.29 Å². The lowest BCUT2D eigenvalue weighted by molar-refractivity contribution is 0.0200. The molecule has 0 unspecified atom stereocenters. The predicted octanol–water partition coefficient (Wildman–Crippen LogP) is 0.290. The first kappa shape index (κ1) is 18.2. The average Bonchev–Trinajstić information content (AvgIpc) is 2.53. The molecule has 0 bridgehead atoms. The molecule has 1 rings (SSSR count). The summed E-state index contributed by atoms with van der Waals surface area (Å²) in [7, 11) is 1.46. The van der Waals surface area contributed by atoms with E-state index in [1.165, 1.54) is 13.2 Å². The van der Waals surface area contributed by atoms with Crippen LogP contribution in [0.5, 0.6) is 5.75 Å². The summed E-state index contributed by atoms with van der Waals surface area (Å²) in [6.07, 6.45) is 1.39. The fraction of sp³-hybridized carbons (Fsp3) is 0.429.